The maximum Gasteiger partial charge on any atom is 0.336 e. The number of hydrogen-bond donors (Lipinski definition) is 0. The van der Waals surface area contributed by atoms with Crippen LogP contribution in [0.3, 0.4) is 0 Å². The lowest BCUT2D eigenvalue weighted by atomic mass is 10.2. The minimum atomic E-state index is -0.392. The van der Waals surface area contributed by atoms with E-state index in [0.717, 1.165) is 48.7 Å². The summed E-state index contributed by atoms with van der Waals surface area (Å²) in [7, 11) is 0. The predicted octanol–water partition coefficient (Wildman–Crippen LogP) is 4.71. The van der Waals surface area contributed by atoms with Crippen LogP contribution in [0.15, 0.2) is 85.3 Å². The molecule has 0 fully saturated rings. The predicted molar refractivity (Wildman–Crippen MR) is 133 cm³/mol. The number of unbranched alkanes of at least 4 members (excludes halogenated alkanes) is 3. The number of aromatic nitrogens is 3. The number of aryl methyl sites for hydroxylation is 1. The molecule has 3 aromatic heterocycles. The zero-order valence-corrected chi connectivity index (χ0v) is 19.6. The molecule has 0 unspecified atom stereocenters. The summed E-state index contributed by atoms with van der Waals surface area (Å²) in [5.74, 6) is 1.30. The summed E-state index contributed by atoms with van der Waals surface area (Å²) in [4.78, 5) is 22.8. The number of benzene rings is 2. The van der Waals surface area contributed by atoms with Crippen molar-refractivity contribution in [3.8, 4) is 11.5 Å². The molecule has 9 nitrogen and oxygen atoms in total. The average Bonchev–Trinajstić information content (AvgIpc) is 3.34. The van der Waals surface area contributed by atoms with Gasteiger partial charge in [-0.2, -0.15) is 0 Å². The third-order valence-corrected chi connectivity index (χ3v) is 5.71. The zero-order chi connectivity index (χ0) is 24.7. The summed E-state index contributed by atoms with van der Waals surface area (Å²) in [5.41, 5.74) is 0.983. The summed E-state index contributed by atoms with van der Waals surface area (Å²) in [6, 6.07) is 17.1. The van der Waals surface area contributed by atoms with Crippen molar-refractivity contribution in [2.75, 3.05) is 6.61 Å². The van der Waals surface area contributed by atoms with Gasteiger partial charge in [0.05, 0.1) is 12.8 Å². The minimum absolute atomic E-state index is 0.276. The second kappa shape index (κ2) is 10.9. The molecule has 5 rings (SSSR count). The van der Waals surface area contributed by atoms with Crippen molar-refractivity contribution in [1.82, 2.24) is 15.0 Å². The van der Waals surface area contributed by atoms with Gasteiger partial charge in [-0.15, -0.1) is 5.10 Å². The molecular formula is C27H25N3O6. The van der Waals surface area contributed by atoms with E-state index < -0.39 is 5.63 Å². The fraction of sp³-hybridized carbons (Fsp3) is 0.259. The lowest BCUT2D eigenvalue weighted by Crippen LogP contribution is -2.01. The van der Waals surface area contributed by atoms with Gasteiger partial charge in [-0.3, -0.25) is 4.68 Å². The Kier molecular flexibility index (Phi) is 7.07. The van der Waals surface area contributed by atoms with E-state index in [4.69, 9.17) is 18.3 Å². The molecular weight excluding hydrogens is 462 g/mol. The Morgan fingerprint density at radius 2 is 1.33 bits per heavy atom. The van der Waals surface area contributed by atoms with Crippen LogP contribution >= 0.6 is 0 Å². The molecule has 0 aliphatic heterocycles. The van der Waals surface area contributed by atoms with Crippen LogP contribution in [0.1, 0.15) is 31.4 Å². The molecule has 3 heterocycles. The molecule has 0 N–H and O–H groups in total. The van der Waals surface area contributed by atoms with Crippen LogP contribution in [0.25, 0.3) is 21.9 Å². The number of ether oxygens (including phenoxy) is 2. The maximum absolute atomic E-state index is 11.4. The van der Waals surface area contributed by atoms with Gasteiger partial charge in [0.15, 0.2) is 0 Å². The topological polar surface area (TPSA) is 110 Å². The fourth-order valence-corrected chi connectivity index (χ4v) is 3.85. The lowest BCUT2D eigenvalue weighted by Gasteiger charge is -2.07. The third-order valence-electron chi connectivity index (χ3n) is 5.71. The summed E-state index contributed by atoms with van der Waals surface area (Å²) in [6.07, 6.45) is 5.87. The first-order valence-corrected chi connectivity index (χ1v) is 11.8. The van der Waals surface area contributed by atoms with E-state index in [2.05, 4.69) is 10.3 Å². The quantitative estimate of drug-likeness (QED) is 0.195. The van der Waals surface area contributed by atoms with E-state index >= 15 is 0 Å². The standard InChI is InChI=1S/C27H25N3O6/c31-26-11-7-19-5-9-22(15-24(19)35-26)33-14-4-2-1-3-13-30-17-21(28-29-30)18-34-23-10-6-20-8-12-27(32)36-25(20)16-23/h5-12,15-17H,1-4,13-14,18H2. The molecule has 0 amide bonds. The molecule has 0 saturated carbocycles. The highest BCUT2D eigenvalue weighted by Gasteiger charge is 2.05. The highest BCUT2D eigenvalue weighted by Crippen LogP contribution is 2.21. The van der Waals surface area contributed by atoms with Gasteiger partial charge in [0.2, 0.25) is 0 Å². The van der Waals surface area contributed by atoms with Gasteiger partial charge in [0.25, 0.3) is 0 Å². The first-order chi connectivity index (χ1) is 17.6. The number of fused-ring (bicyclic) bond motifs is 2. The molecule has 0 aliphatic carbocycles. The molecule has 0 atom stereocenters. The molecule has 0 saturated heterocycles. The van der Waals surface area contributed by atoms with Gasteiger partial charge in [-0.25, -0.2) is 9.59 Å². The average molecular weight is 488 g/mol. The fourth-order valence-electron chi connectivity index (χ4n) is 3.85. The van der Waals surface area contributed by atoms with Crippen LogP contribution in [-0.2, 0) is 13.2 Å². The molecule has 5 aromatic rings. The second-order valence-corrected chi connectivity index (χ2v) is 8.43. The Morgan fingerprint density at radius 3 is 2.03 bits per heavy atom. The normalized spacial score (nSPS) is 11.2. The molecule has 0 bridgehead atoms. The van der Waals surface area contributed by atoms with Gasteiger partial charge in [0, 0.05) is 41.6 Å². The van der Waals surface area contributed by atoms with E-state index in [9.17, 15) is 9.59 Å². The van der Waals surface area contributed by atoms with Gasteiger partial charge in [-0.05, 0) is 55.7 Å². The Morgan fingerprint density at radius 1 is 0.722 bits per heavy atom. The Balaban J connectivity index is 0.999. The van der Waals surface area contributed by atoms with Crippen LogP contribution < -0.4 is 20.7 Å². The maximum atomic E-state index is 11.4. The largest absolute Gasteiger partial charge is 0.493 e. The van der Waals surface area contributed by atoms with Gasteiger partial charge < -0.3 is 18.3 Å². The molecule has 9 heteroatoms. The first-order valence-electron chi connectivity index (χ1n) is 11.8. The second-order valence-electron chi connectivity index (χ2n) is 8.43. The van der Waals surface area contributed by atoms with Gasteiger partial charge in [-0.1, -0.05) is 11.6 Å². The van der Waals surface area contributed by atoms with Gasteiger partial charge >= 0.3 is 11.3 Å². The van der Waals surface area contributed by atoms with Crippen LogP contribution in [-0.4, -0.2) is 21.6 Å². The molecule has 0 spiro atoms. The van der Waals surface area contributed by atoms with Crippen molar-refractivity contribution in [2.45, 2.75) is 38.8 Å². The van der Waals surface area contributed by atoms with E-state index in [0.29, 0.717) is 29.3 Å². The van der Waals surface area contributed by atoms with E-state index in [-0.39, 0.29) is 12.2 Å². The molecule has 0 radical (unpaired) electrons. The Hall–Kier alpha value is -4.40. The van der Waals surface area contributed by atoms with Crippen molar-refractivity contribution in [3.05, 3.63) is 93.4 Å². The molecule has 0 aliphatic rings. The number of nitrogens with zero attached hydrogens (tertiary/aromatic N) is 3. The van der Waals surface area contributed by atoms with Crippen LogP contribution in [0.5, 0.6) is 11.5 Å². The SMILES string of the molecule is O=c1ccc2ccc(OCCCCCCn3cc(COc4ccc5ccc(=O)oc5c4)nn3)cc2o1. The van der Waals surface area contributed by atoms with Crippen LogP contribution in [0.4, 0.5) is 0 Å². The number of hydrogen-bond acceptors (Lipinski definition) is 8. The van der Waals surface area contributed by atoms with E-state index in [1.807, 2.05) is 35.1 Å². The summed E-state index contributed by atoms with van der Waals surface area (Å²) < 4.78 is 23.8. The zero-order valence-electron chi connectivity index (χ0n) is 19.6. The monoisotopic (exact) mass is 487 g/mol. The van der Waals surface area contributed by atoms with Crippen LogP contribution in [0.2, 0.25) is 0 Å². The van der Waals surface area contributed by atoms with Crippen molar-refractivity contribution >= 4 is 21.9 Å². The molecule has 184 valence electrons. The van der Waals surface area contributed by atoms with Crippen LogP contribution in [0, 0.1) is 0 Å². The van der Waals surface area contributed by atoms with E-state index in [1.54, 1.807) is 24.3 Å². The Bertz CT molecular complexity index is 1590. The Labute approximate surface area is 205 Å². The molecule has 36 heavy (non-hydrogen) atoms. The van der Waals surface area contributed by atoms with Gasteiger partial charge in [0.1, 0.15) is 35.0 Å². The van der Waals surface area contributed by atoms with E-state index in [1.165, 1.54) is 12.1 Å². The highest BCUT2D eigenvalue weighted by molar-refractivity contribution is 5.78. The summed E-state index contributed by atoms with van der Waals surface area (Å²) >= 11 is 0. The highest BCUT2D eigenvalue weighted by atomic mass is 16.5. The number of rotatable bonds is 11. The minimum Gasteiger partial charge on any atom is -0.493 e. The van der Waals surface area contributed by atoms with Crippen molar-refractivity contribution in [2.24, 2.45) is 0 Å². The van der Waals surface area contributed by atoms with Crippen molar-refractivity contribution in [1.29, 1.82) is 0 Å². The third kappa shape index (κ3) is 5.99. The summed E-state index contributed by atoms with van der Waals surface area (Å²) in [5, 5.41) is 10.0. The first kappa shape index (κ1) is 23.3. The molecule has 2 aromatic carbocycles. The smallest absolute Gasteiger partial charge is 0.336 e. The summed E-state index contributed by atoms with van der Waals surface area (Å²) in [6.45, 7) is 1.66. The van der Waals surface area contributed by atoms with Crippen molar-refractivity contribution < 1.29 is 18.3 Å². The lowest BCUT2D eigenvalue weighted by molar-refractivity contribution is 0.301. The van der Waals surface area contributed by atoms with Crippen molar-refractivity contribution in [3.63, 3.8) is 0 Å².